The van der Waals surface area contributed by atoms with Crippen LogP contribution < -0.4 is 0 Å². The van der Waals surface area contributed by atoms with Crippen LogP contribution in [0.25, 0.3) is 11.3 Å². The van der Waals surface area contributed by atoms with E-state index >= 15 is 0 Å². The van der Waals surface area contributed by atoms with Crippen molar-refractivity contribution in [3.8, 4) is 11.3 Å². The first-order valence-electron chi connectivity index (χ1n) is 3.67. The minimum Gasteiger partial charge on any atom is -0.261 e. The van der Waals surface area contributed by atoms with Crippen LogP contribution in [0.3, 0.4) is 0 Å². The van der Waals surface area contributed by atoms with E-state index in [0.29, 0.717) is 0 Å². The Kier molecular flexibility index (Phi) is 1.87. The highest BCUT2D eigenvalue weighted by Crippen LogP contribution is 2.18. The average molecular weight is 177 g/mol. The van der Waals surface area contributed by atoms with Crippen molar-refractivity contribution in [1.82, 2.24) is 9.97 Å². The summed E-state index contributed by atoms with van der Waals surface area (Å²) in [5.41, 5.74) is 3.06. The van der Waals surface area contributed by atoms with Gasteiger partial charge in [-0.25, -0.2) is 4.98 Å². The summed E-state index contributed by atoms with van der Waals surface area (Å²) in [5.74, 6) is 0. The number of nitrogens with zero attached hydrogens (tertiary/aromatic N) is 2. The molecule has 0 aliphatic heterocycles. The van der Waals surface area contributed by atoms with E-state index in [4.69, 9.17) is 0 Å². The van der Waals surface area contributed by atoms with Crippen molar-refractivity contribution in [3.63, 3.8) is 0 Å². The van der Waals surface area contributed by atoms with Gasteiger partial charge in [-0.15, -0.1) is 0 Å². The molecule has 0 spiro atoms. The maximum atomic E-state index is 4.36. The first-order valence-corrected chi connectivity index (χ1v) is 4.62. The molecule has 0 saturated carbocycles. The second kappa shape index (κ2) is 3.03. The van der Waals surface area contributed by atoms with E-state index in [1.807, 2.05) is 18.4 Å². The molecule has 0 N–H and O–H groups in total. The van der Waals surface area contributed by atoms with Crippen LogP contribution in [0.15, 0.2) is 29.2 Å². The standard InChI is InChI=1S/C9H8N2S/c1-7-4-10-5-9(11-7)8-2-3-12-6-8/h2-6H,1H3/p+1. The lowest BCUT2D eigenvalue weighted by Crippen LogP contribution is -1.86. The van der Waals surface area contributed by atoms with Gasteiger partial charge in [-0.2, -0.15) is 11.3 Å². The Morgan fingerprint density at radius 2 is 2.33 bits per heavy atom. The van der Waals surface area contributed by atoms with Crippen LogP contribution in [-0.4, -0.2) is 9.97 Å². The number of rotatable bonds is 1. The average Bonchev–Trinajstić information content (AvgIpc) is 2.56. The zero-order chi connectivity index (χ0) is 8.39. The Hall–Kier alpha value is -1.22. The molecule has 0 aliphatic rings. The van der Waals surface area contributed by atoms with Gasteiger partial charge in [0, 0.05) is 17.1 Å². The molecule has 2 nitrogen and oxygen atoms in total. The third-order valence-electron chi connectivity index (χ3n) is 1.57. The summed E-state index contributed by atoms with van der Waals surface area (Å²) in [7, 11) is 0. The molecule has 0 aromatic carbocycles. The molecule has 0 atom stereocenters. The van der Waals surface area contributed by atoms with Crippen LogP contribution in [0.5, 0.6) is 0 Å². The van der Waals surface area contributed by atoms with Crippen LogP contribution >= 0.6 is 11.3 Å². The highest BCUT2D eigenvalue weighted by atomic mass is 32.1. The Bertz CT molecular complexity index is 373. The lowest BCUT2D eigenvalue weighted by Gasteiger charge is -1.96. The molecule has 0 aliphatic carbocycles. The molecule has 0 radical (unpaired) electrons. The number of hydrogen-bond acceptors (Lipinski definition) is 3. The molecule has 2 aromatic heterocycles. The number of aromatic nitrogens is 2. The molecule has 0 amide bonds. The third kappa shape index (κ3) is 1.36. The van der Waals surface area contributed by atoms with Crippen molar-refractivity contribution in [1.29, 1.82) is 0 Å². The van der Waals surface area contributed by atoms with Gasteiger partial charge in [-0.3, -0.25) is 4.98 Å². The minimum atomic E-state index is 0. The lowest BCUT2D eigenvalue weighted by atomic mass is 10.2. The van der Waals surface area contributed by atoms with Crippen molar-refractivity contribution < 1.29 is 1.43 Å². The fourth-order valence-electron chi connectivity index (χ4n) is 1.01. The van der Waals surface area contributed by atoms with Crippen LogP contribution in [0.2, 0.25) is 0 Å². The van der Waals surface area contributed by atoms with E-state index in [2.05, 4.69) is 15.3 Å². The normalized spacial score (nSPS) is 10.1. The van der Waals surface area contributed by atoms with Crippen molar-refractivity contribution in [2.45, 2.75) is 6.92 Å². The second-order valence-electron chi connectivity index (χ2n) is 2.56. The van der Waals surface area contributed by atoms with Crippen LogP contribution in [0.4, 0.5) is 0 Å². The minimum absolute atomic E-state index is 0. The Morgan fingerprint density at radius 1 is 1.42 bits per heavy atom. The predicted molar refractivity (Wildman–Crippen MR) is 51.2 cm³/mol. The van der Waals surface area contributed by atoms with Gasteiger partial charge in [0.2, 0.25) is 0 Å². The van der Waals surface area contributed by atoms with E-state index < -0.39 is 0 Å². The Morgan fingerprint density at radius 3 is 3.00 bits per heavy atom. The number of hydrogen-bond donors (Lipinski definition) is 0. The molecule has 12 heavy (non-hydrogen) atoms. The van der Waals surface area contributed by atoms with Crippen molar-refractivity contribution in [2.75, 3.05) is 0 Å². The highest BCUT2D eigenvalue weighted by Gasteiger charge is 1.98. The second-order valence-corrected chi connectivity index (χ2v) is 3.34. The quantitative estimate of drug-likeness (QED) is 0.669. The molecule has 0 unspecified atom stereocenters. The number of thiophene rings is 1. The molecule has 2 rings (SSSR count). The number of aryl methyl sites for hydroxylation is 1. The van der Waals surface area contributed by atoms with Gasteiger partial charge in [0.15, 0.2) is 0 Å². The van der Waals surface area contributed by atoms with Gasteiger partial charge in [-0.1, -0.05) is 0 Å². The molecule has 3 heteroatoms. The van der Waals surface area contributed by atoms with Gasteiger partial charge in [-0.05, 0) is 18.4 Å². The molecule has 0 bridgehead atoms. The lowest BCUT2D eigenvalue weighted by molar-refractivity contribution is 1.12. The molecule has 0 fully saturated rings. The van der Waals surface area contributed by atoms with Gasteiger partial charge >= 0.3 is 1.43 Å². The van der Waals surface area contributed by atoms with Crippen LogP contribution in [-0.2, 0) is 0 Å². The largest absolute Gasteiger partial charge is 1.00 e. The first kappa shape index (κ1) is 7.43. The van der Waals surface area contributed by atoms with Crippen LogP contribution in [0.1, 0.15) is 7.12 Å². The SMILES string of the molecule is Cc1cncc(-c2ccsc2)n1.[H+]. The fraction of sp³-hybridized carbons (Fsp3) is 0.111. The van der Waals surface area contributed by atoms with E-state index in [9.17, 15) is 0 Å². The molecule has 60 valence electrons. The summed E-state index contributed by atoms with van der Waals surface area (Å²) in [6.45, 7) is 1.95. The fourth-order valence-corrected chi connectivity index (χ4v) is 1.66. The van der Waals surface area contributed by atoms with Gasteiger partial charge in [0.05, 0.1) is 17.6 Å². The smallest absolute Gasteiger partial charge is 0.261 e. The summed E-state index contributed by atoms with van der Waals surface area (Å²) in [5, 5.41) is 4.11. The van der Waals surface area contributed by atoms with Gasteiger partial charge in [0.25, 0.3) is 0 Å². The van der Waals surface area contributed by atoms with Crippen LogP contribution in [0, 0.1) is 6.92 Å². The summed E-state index contributed by atoms with van der Waals surface area (Å²) in [6.07, 6.45) is 3.55. The molecule has 2 aromatic rings. The summed E-state index contributed by atoms with van der Waals surface area (Å²) >= 11 is 1.67. The topological polar surface area (TPSA) is 25.8 Å². The van der Waals surface area contributed by atoms with Gasteiger partial charge < -0.3 is 0 Å². The Labute approximate surface area is 76.4 Å². The zero-order valence-corrected chi connectivity index (χ0v) is 7.51. The van der Waals surface area contributed by atoms with Crippen molar-refractivity contribution in [3.05, 3.63) is 34.9 Å². The summed E-state index contributed by atoms with van der Waals surface area (Å²) in [4.78, 5) is 8.44. The maximum Gasteiger partial charge on any atom is 1.00 e. The van der Waals surface area contributed by atoms with E-state index in [1.54, 1.807) is 23.7 Å². The Balaban J connectivity index is 0.000000845. The first-order chi connectivity index (χ1) is 5.86. The summed E-state index contributed by atoms with van der Waals surface area (Å²) < 4.78 is 0. The van der Waals surface area contributed by atoms with Crippen molar-refractivity contribution >= 4 is 11.3 Å². The van der Waals surface area contributed by atoms with E-state index in [-0.39, 0.29) is 1.43 Å². The molecule has 2 heterocycles. The highest BCUT2D eigenvalue weighted by molar-refractivity contribution is 7.08. The molecule has 0 saturated heterocycles. The van der Waals surface area contributed by atoms with E-state index in [0.717, 1.165) is 17.0 Å². The predicted octanol–water partition coefficient (Wildman–Crippen LogP) is 2.63. The monoisotopic (exact) mass is 177 g/mol. The summed E-state index contributed by atoms with van der Waals surface area (Å²) in [6, 6.07) is 2.05. The molecular weight excluding hydrogens is 168 g/mol. The van der Waals surface area contributed by atoms with Gasteiger partial charge in [0.1, 0.15) is 0 Å². The maximum absolute atomic E-state index is 4.36. The third-order valence-corrected chi connectivity index (χ3v) is 2.26. The van der Waals surface area contributed by atoms with Crippen molar-refractivity contribution in [2.24, 2.45) is 0 Å². The molecular formula is C9H9N2S+. The van der Waals surface area contributed by atoms with E-state index in [1.165, 1.54) is 0 Å². The zero-order valence-electron chi connectivity index (χ0n) is 7.69.